The second-order valence-corrected chi connectivity index (χ2v) is 5.03. The minimum atomic E-state index is 0.484. The van der Waals surface area contributed by atoms with Crippen LogP contribution >= 0.6 is 0 Å². The van der Waals surface area contributed by atoms with Crippen molar-refractivity contribution in [1.29, 1.82) is 0 Å². The molecule has 1 heterocycles. The molecule has 1 unspecified atom stereocenters. The number of pyridine rings is 1. The van der Waals surface area contributed by atoms with Gasteiger partial charge in [0.2, 0.25) is 0 Å². The number of methoxy groups -OCH3 is 1. The van der Waals surface area contributed by atoms with E-state index in [1.54, 1.807) is 13.3 Å². The van der Waals surface area contributed by atoms with Crippen molar-refractivity contribution in [3.63, 3.8) is 0 Å². The predicted molar refractivity (Wildman–Crippen MR) is 81.9 cm³/mol. The second kappa shape index (κ2) is 7.65. The van der Waals surface area contributed by atoms with Crippen LogP contribution in [0.4, 0.5) is 0 Å². The molecule has 0 fully saturated rings. The van der Waals surface area contributed by atoms with Crippen LogP contribution in [0.25, 0.3) is 0 Å². The third-order valence-corrected chi connectivity index (χ3v) is 3.40. The first-order valence-corrected chi connectivity index (χ1v) is 7.03. The summed E-state index contributed by atoms with van der Waals surface area (Å²) in [6.07, 6.45) is 5.90. The Bertz CT molecular complexity index is 496. The maximum absolute atomic E-state index is 5.16. The molecule has 0 aliphatic rings. The van der Waals surface area contributed by atoms with Crippen LogP contribution in [-0.4, -0.2) is 18.1 Å². The minimum Gasteiger partial charge on any atom is -0.497 e. The highest BCUT2D eigenvalue weighted by Gasteiger charge is 2.03. The highest BCUT2D eigenvalue weighted by atomic mass is 16.5. The molecule has 2 aromatic rings. The van der Waals surface area contributed by atoms with Gasteiger partial charge in [0.15, 0.2) is 0 Å². The van der Waals surface area contributed by atoms with Crippen LogP contribution in [0.2, 0.25) is 0 Å². The molecule has 3 heteroatoms. The van der Waals surface area contributed by atoms with E-state index in [1.165, 1.54) is 11.1 Å². The molecule has 1 aromatic heterocycles. The highest BCUT2D eigenvalue weighted by Crippen LogP contribution is 2.13. The molecule has 0 bridgehead atoms. The number of hydrogen-bond acceptors (Lipinski definition) is 3. The number of aromatic nitrogens is 1. The molecule has 0 aliphatic heterocycles. The third-order valence-electron chi connectivity index (χ3n) is 3.40. The van der Waals surface area contributed by atoms with Gasteiger partial charge in [0, 0.05) is 25.0 Å². The fraction of sp³-hybridized carbons (Fsp3) is 0.353. The Balaban J connectivity index is 1.73. The molecule has 0 amide bonds. The monoisotopic (exact) mass is 270 g/mol. The summed E-state index contributed by atoms with van der Waals surface area (Å²) < 4.78 is 5.16. The molecule has 1 N–H and O–H groups in total. The topological polar surface area (TPSA) is 34.1 Å². The normalized spacial score (nSPS) is 12.1. The van der Waals surface area contributed by atoms with Crippen LogP contribution in [0.1, 0.15) is 24.5 Å². The largest absolute Gasteiger partial charge is 0.497 e. The van der Waals surface area contributed by atoms with Crippen molar-refractivity contribution in [3.05, 3.63) is 59.9 Å². The Labute approximate surface area is 121 Å². The number of ether oxygens (including phenoxy) is 1. The van der Waals surface area contributed by atoms with E-state index in [9.17, 15) is 0 Å². The summed E-state index contributed by atoms with van der Waals surface area (Å²) in [5.41, 5.74) is 2.57. The molecular weight excluding hydrogens is 248 g/mol. The summed E-state index contributed by atoms with van der Waals surface area (Å²) in [6, 6.07) is 12.8. The van der Waals surface area contributed by atoms with Gasteiger partial charge in [-0.2, -0.15) is 0 Å². The zero-order chi connectivity index (χ0) is 14.2. The fourth-order valence-corrected chi connectivity index (χ4v) is 2.07. The number of rotatable bonds is 7. The van der Waals surface area contributed by atoms with E-state index < -0.39 is 0 Å². The molecule has 1 aromatic carbocycles. The minimum absolute atomic E-state index is 0.484. The Kier molecular flexibility index (Phi) is 5.56. The third kappa shape index (κ3) is 4.67. The van der Waals surface area contributed by atoms with E-state index in [0.717, 1.165) is 25.1 Å². The summed E-state index contributed by atoms with van der Waals surface area (Å²) >= 11 is 0. The lowest BCUT2D eigenvalue weighted by atomic mass is 10.1. The second-order valence-electron chi connectivity index (χ2n) is 5.03. The van der Waals surface area contributed by atoms with Crippen LogP contribution in [0, 0.1) is 0 Å². The number of aryl methyl sites for hydroxylation is 1. The number of hydrogen-bond donors (Lipinski definition) is 1. The first kappa shape index (κ1) is 14.5. The van der Waals surface area contributed by atoms with Gasteiger partial charge in [-0.1, -0.05) is 18.2 Å². The maximum Gasteiger partial charge on any atom is 0.118 e. The SMILES string of the molecule is COc1ccc(CCC(C)NCc2cccnc2)cc1. The predicted octanol–water partition coefficient (Wildman–Crippen LogP) is 3.20. The molecule has 0 saturated carbocycles. The van der Waals surface area contributed by atoms with Crippen molar-refractivity contribution in [3.8, 4) is 5.75 Å². The quantitative estimate of drug-likeness (QED) is 0.839. The van der Waals surface area contributed by atoms with Crippen LogP contribution in [0.15, 0.2) is 48.8 Å². The Morgan fingerprint density at radius 1 is 1.15 bits per heavy atom. The molecular formula is C17H22N2O. The van der Waals surface area contributed by atoms with Gasteiger partial charge < -0.3 is 10.1 Å². The average Bonchev–Trinajstić information content (AvgIpc) is 2.52. The summed E-state index contributed by atoms with van der Waals surface area (Å²) in [5, 5.41) is 3.53. The van der Waals surface area contributed by atoms with Crippen molar-refractivity contribution in [2.45, 2.75) is 32.4 Å². The lowest BCUT2D eigenvalue weighted by Crippen LogP contribution is -2.25. The number of nitrogens with one attached hydrogen (secondary N) is 1. The zero-order valence-electron chi connectivity index (χ0n) is 12.2. The highest BCUT2D eigenvalue weighted by molar-refractivity contribution is 5.27. The Hall–Kier alpha value is -1.87. The molecule has 3 nitrogen and oxygen atoms in total. The molecule has 106 valence electrons. The van der Waals surface area contributed by atoms with Crippen LogP contribution in [0.3, 0.4) is 0 Å². The first-order valence-electron chi connectivity index (χ1n) is 7.03. The van der Waals surface area contributed by atoms with Crippen molar-refractivity contribution >= 4 is 0 Å². The summed E-state index contributed by atoms with van der Waals surface area (Å²) in [7, 11) is 1.69. The van der Waals surface area contributed by atoms with Gasteiger partial charge >= 0.3 is 0 Å². The summed E-state index contributed by atoms with van der Waals surface area (Å²) in [5.74, 6) is 0.913. The lowest BCUT2D eigenvalue weighted by Gasteiger charge is -2.13. The van der Waals surface area contributed by atoms with Crippen LogP contribution in [0.5, 0.6) is 5.75 Å². The van der Waals surface area contributed by atoms with E-state index in [2.05, 4.69) is 35.4 Å². The standard InChI is InChI=1S/C17H22N2O/c1-14(19-13-16-4-3-11-18-12-16)5-6-15-7-9-17(20-2)10-8-15/h3-4,7-12,14,19H,5-6,13H2,1-2H3. The molecule has 20 heavy (non-hydrogen) atoms. The Morgan fingerprint density at radius 2 is 1.95 bits per heavy atom. The lowest BCUT2D eigenvalue weighted by molar-refractivity contribution is 0.414. The maximum atomic E-state index is 5.16. The molecule has 1 atom stereocenters. The molecule has 0 radical (unpaired) electrons. The number of nitrogens with zero attached hydrogens (tertiary/aromatic N) is 1. The van der Waals surface area contributed by atoms with Crippen LogP contribution < -0.4 is 10.1 Å². The van der Waals surface area contributed by atoms with Crippen molar-refractivity contribution in [1.82, 2.24) is 10.3 Å². The zero-order valence-corrected chi connectivity index (χ0v) is 12.2. The van der Waals surface area contributed by atoms with Crippen molar-refractivity contribution in [2.75, 3.05) is 7.11 Å². The van der Waals surface area contributed by atoms with E-state index in [-0.39, 0.29) is 0 Å². The molecule has 0 saturated heterocycles. The number of benzene rings is 1. The van der Waals surface area contributed by atoms with Gasteiger partial charge in [-0.3, -0.25) is 4.98 Å². The van der Waals surface area contributed by atoms with Gasteiger partial charge in [-0.25, -0.2) is 0 Å². The molecule has 0 spiro atoms. The summed E-state index contributed by atoms with van der Waals surface area (Å²) in [6.45, 7) is 3.09. The average molecular weight is 270 g/mol. The first-order chi connectivity index (χ1) is 9.78. The fourth-order valence-electron chi connectivity index (χ4n) is 2.07. The van der Waals surface area contributed by atoms with Crippen molar-refractivity contribution in [2.24, 2.45) is 0 Å². The molecule has 2 rings (SSSR count). The Morgan fingerprint density at radius 3 is 2.60 bits per heavy atom. The van der Waals surface area contributed by atoms with Gasteiger partial charge in [0.1, 0.15) is 5.75 Å². The van der Waals surface area contributed by atoms with E-state index in [0.29, 0.717) is 6.04 Å². The van der Waals surface area contributed by atoms with Crippen molar-refractivity contribution < 1.29 is 4.74 Å². The smallest absolute Gasteiger partial charge is 0.118 e. The molecule has 0 aliphatic carbocycles. The van der Waals surface area contributed by atoms with E-state index in [1.807, 2.05) is 24.4 Å². The van der Waals surface area contributed by atoms with Gasteiger partial charge in [0.25, 0.3) is 0 Å². The van der Waals surface area contributed by atoms with E-state index >= 15 is 0 Å². The van der Waals surface area contributed by atoms with Gasteiger partial charge in [0.05, 0.1) is 7.11 Å². The van der Waals surface area contributed by atoms with E-state index in [4.69, 9.17) is 4.74 Å². The van der Waals surface area contributed by atoms with Crippen LogP contribution in [-0.2, 0) is 13.0 Å². The summed E-state index contributed by atoms with van der Waals surface area (Å²) in [4.78, 5) is 4.12. The van der Waals surface area contributed by atoms with Gasteiger partial charge in [-0.15, -0.1) is 0 Å². The van der Waals surface area contributed by atoms with Gasteiger partial charge in [-0.05, 0) is 49.1 Å².